The number of nitrogens with one attached hydrogen (secondary N) is 2. The van der Waals surface area contributed by atoms with Crippen LogP contribution in [0.15, 0.2) is 36.4 Å². The van der Waals surface area contributed by atoms with Gasteiger partial charge in [-0.3, -0.25) is 4.79 Å². The number of amides is 1. The van der Waals surface area contributed by atoms with Gasteiger partial charge in [0, 0.05) is 5.69 Å². The van der Waals surface area contributed by atoms with Gasteiger partial charge in [0.25, 0.3) is 5.91 Å². The highest BCUT2D eigenvalue weighted by atomic mass is 16.5. The maximum absolute atomic E-state index is 11.9. The van der Waals surface area contributed by atoms with Crippen molar-refractivity contribution in [1.82, 2.24) is 5.32 Å². The lowest BCUT2D eigenvalue weighted by atomic mass is 10.00. The highest BCUT2D eigenvalue weighted by Crippen LogP contribution is 2.26. The first-order valence-corrected chi connectivity index (χ1v) is 7.57. The van der Waals surface area contributed by atoms with Crippen molar-refractivity contribution >= 4 is 11.6 Å². The fourth-order valence-corrected chi connectivity index (χ4v) is 2.76. The van der Waals surface area contributed by atoms with Crippen molar-refractivity contribution in [2.45, 2.75) is 12.8 Å². The number of methoxy groups -OCH3 is 2. The minimum Gasteiger partial charge on any atom is -0.497 e. The van der Waals surface area contributed by atoms with E-state index >= 15 is 0 Å². The van der Waals surface area contributed by atoms with Gasteiger partial charge in [-0.05, 0) is 54.3 Å². The molecular formula is C18H20N2O3. The summed E-state index contributed by atoms with van der Waals surface area (Å²) < 4.78 is 10.7. The number of aryl methyl sites for hydroxylation is 2. The molecule has 0 unspecified atom stereocenters. The number of anilines is 1. The number of ether oxygens (including phenoxy) is 2. The molecule has 0 radical (unpaired) electrons. The number of carbonyl (C=O) groups excluding carboxylic acids is 1. The third-order valence-electron chi connectivity index (χ3n) is 4.03. The molecule has 2 aromatic rings. The number of hydrogen-bond acceptors (Lipinski definition) is 4. The Morgan fingerprint density at radius 2 is 1.87 bits per heavy atom. The molecule has 23 heavy (non-hydrogen) atoms. The Balaban J connectivity index is 1.78. The van der Waals surface area contributed by atoms with Crippen LogP contribution >= 0.6 is 0 Å². The molecule has 2 N–H and O–H groups in total. The number of rotatable bonds is 5. The average Bonchev–Trinajstić information content (AvgIpc) is 2.60. The number of benzene rings is 2. The van der Waals surface area contributed by atoms with Gasteiger partial charge in [0.05, 0.1) is 26.5 Å². The summed E-state index contributed by atoms with van der Waals surface area (Å²) in [5, 5.41) is 5.94. The van der Waals surface area contributed by atoms with Crippen molar-refractivity contribution < 1.29 is 14.3 Å². The van der Waals surface area contributed by atoms with E-state index in [1.54, 1.807) is 14.2 Å². The van der Waals surface area contributed by atoms with Crippen molar-refractivity contribution in [2.75, 3.05) is 26.2 Å². The van der Waals surface area contributed by atoms with Crippen molar-refractivity contribution in [1.29, 1.82) is 0 Å². The van der Waals surface area contributed by atoms with Crippen molar-refractivity contribution in [3.8, 4) is 11.5 Å². The van der Waals surface area contributed by atoms with Crippen molar-refractivity contribution in [3.63, 3.8) is 0 Å². The van der Waals surface area contributed by atoms with Crippen LogP contribution in [-0.4, -0.2) is 26.8 Å². The van der Waals surface area contributed by atoms with Crippen LogP contribution in [0.3, 0.4) is 0 Å². The van der Waals surface area contributed by atoms with Crippen LogP contribution in [0, 0.1) is 0 Å². The lowest BCUT2D eigenvalue weighted by molar-refractivity contribution is 0.0952. The number of hydrogen-bond donors (Lipinski definition) is 2. The molecule has 1 heterocycles. The minimum atomic E-state index is -0.0282. The molecule has 2 aromatic carbocycles. The second-order valence-corrected chi connectivity index (χ2v) is 5.42. The summed E-state index contributed by atoms with van der Waals surface area (Å²) in [4.78, 5) is 11.9. The molecule has 1 amide bonds. The molecule has 0 spiro atoms. The van der Waals surface area contributed by atoms with E-state index in [1.165, 1.54) is 0 Å². The Labute approximate surface area is 135 Å². The minimum absolute atomic E-state index is 0.0282. The highest BCUT2D eigenvalue weighted by molar-refractivity contribution is 6.01. The third kappa shape index (κ3) is 3.23. The molecule has 0 saturated heterocycles. The fraction of sp³-hybridized carbons (Fsp3) is 0.278. The van der Waals surface area contributed by atoms with E-state index in [-0.39, 0.29) is 5.91 Å². The van der Waals surface area contributed by atoms with Gasteiger partial charge in [0.2, 0.25) is 0 Å². The van der Waals surface area contributed by atoms with E-state index in [0.29, 0.717) is 12.2 Å². The van der Waals surface area contributed by atoms with Crippen LogP contribution in [0.4, 0.5) is 5.69 Å². The van der Waals surface area contributed by atoms with Crippen LogP contribution in [-0.2, 0) is 12.8 Å². The average molecular weight is 312 g/mol. The summed E-state index contributed by atoms with van der Waals surface area (Å²) in [6.45, 7) is 0.478. The second kappa shape index (κ2) is 6.60. The van der Waals surface area contributed by atoms with E-state index in [2.05, 4.69) is 16.7 Å². The Morgan fingerprint density at radius 3 is 2.65 bits per heavy atom. The molecule has 0 atom stereocenters. The van der Waals surface area contributed by atoms with Crippen molar-refractivity contribution in [3.05, 3.63) is 53.1 Å². The smallest absolute Gasteiger partial charge is 0.254 e. The van der Waals surface area contributed by atoms with E-state index in [4.69, 9.17) is 9.47 Å². The first kappa shape index (κ1) is 15.2. The standard InChI is InChI=1S/C18H20N2O3/c1-22-14-6-8-17(23-2)13(10-14)5-3-12-4-7-16-15(9-12)18(21)20-11-19-16/h4,6-10,19H,3,5,11H2,1-2H3,(H,20,21). The lowest BCUT2D eigenvalue weighted by Crippen LogP contribution is -2.34. The summed E-state index contributed by atoms with van der Waals surface area (Å²) in [6.07, 6.45) is 1.64. The zero-order valence-corrected chi connectivity index (χ0v) is 13.3. The first-order valence-electron chi connectivity index (χ1n) is 7.57. The van der Waals surface area contributed by atoms with E-state index < -0.39 is 0 Å². The Morgan fingerprint density at radius 1 is 1.00 bits per heavy atom. The summed E-state index contributed by atoms with van der Waals surface area (Å²) >= 11 is 0. The molecular weight excluding hydrogens is 292 g/mol. The topological polar surface area (TPSA) is 59.6 Å². The Hall–Kier alpha value is -2.69. The van der Waals surface area contributed by atoms with Gasteiger partial charge >= 0.3 is 0 Å². The molecule has 0 saturated carbocycles. The van der Waals surface area contributed by atoms with Crippen molar-refractivity contribution in [2.24, 2.45) is 0 Å². The molecule has 5 heteroatoms. The second-order valence-electron chi connectivity index (χ2n) is 5.42. The molecule has 0 aromatic heterocycles. The molecule has 0 bridgehead atoms. The quantitative estimate of drug-likeness (QED) is 0.891. The fourth-order valence-electron chi connectivity index (χ4n) is 2.76. The predicted molar refractivity (Wildman–Crippen MR) is 89.4 cm³/mol. The molecule has 3 rings (SSSR count). The van der Waals surface area contributed by atoms with E-state index in [9.17, 15) is 4.79 Å². The molecule has 1 aliphatic heterocycles. The van der Waals surface area contributed by atoms with E-state index in [1.807, 2.05) is 30.3 Å². The molecule has 5 nitrogen and oxygen atoms in total. The molecule has 120 valence electrons. The predicted octanol–water partition coefficient (Wildman–Crippen LogP) is 2.60. The maximum atomic E-state index is 11.9. The van der Waals surface area contributed by atoms with E-state index in [0.717, 1.165) is 41.2 Å². The van der Waals surface area contributed by atoms with Crippen LogP contribution < -0.4 is 20.1 Å². The summed E-state index contributed by atoms with van der Waals surface area (Å²) in [7, 11) is 3.32. The summed E-state index contributed by atoms with van der Waals surface area (Å²) in [5.74, 6) is 1.64. The van der Waals surface area contributed by atoms with Crippen LogP contribution in [0.25, 0.3) is 0 Å². The molecule has 1 aliphatic rings. The Bertz CT molecular complexity index is 728. The van der Waals surface area contributed by atoms with Gasteiger partial charge < -0.3 is 20.1 Å². The van der Waals surface area contributed by atoms with Gasteiger partial charge in [-0.1, -0.05) is 6.07 Å². The van der Waals surface area contributed by atoms with Gasteiger partial charge in [-0.15, -0.1) is 0 Å². The zero-order chi connectivity index (χ0) is 16.2. The number of fused-ring (bicyclic) bond motifs is 1. The maximum Gasteiger partial charge on any atom is 0.254 e. The third-order valence-corrected chi connectivity index (χ3v) is 4.03. The number of carbonyl (C=O) groups is 1. The van der Waals surface area contributed by atoms with Crippen LogP contribution in [0.1, 0.15) is 21.5 Å². The van der Waals surface area contributed by atoms with Gasteiger partial charge in [-0.2, -0.15) is 0 Å². The zero-order valence-electron chi connectivity index (χ0n) is 13.3. The van der Waals surface area contributed by atoms with Gasteiger partial charge in [-0.25, -0.2) is 0 Å². The van der Waals surface area contributed by atoms with Gasteiger partial charge in [0.1, 0.15) is 11.5 Å². The normalized spacial score (nSPS) is 12.9. The highest BCUT2D eigenvalue weighted by Gasteiger charge is 2.16. The largest absolute Gasteiger partial charge is 0.497 e. The summed E-state index contributed by atoms with van der Waals surface area (Å²) in [5.41, 5.74) is 3.79. The monoisotopic (exact) mass is 312 g/mol. The summed E-state index contributed by atoms with van der Waals surface area (Å²) in [6, 6.07) is 11.8. The SMILES string of the molecule is COc1ccc(OC)c(CCc2ccc3c(c2)C(=O)NCN3)c1. The molecule has 0 fully saturated rings. The van der Waals surface area contributed by atoms with Crippen LogP contribution in [0.2, 0.25) is 0 Å². The first-order chi connectivity index (χ1) is 11.2. The Kier molecular flexibility index (Phi) is 4.37. The lowest BCUT2D eigenvalue weighted by Gasteiger charge is -2.19. The molecule has 0 aliphatic carbocycles. The van der Waals surface area contributed by atoms with Crippen LogP contribution in [0.5, 0.6) is 11.5 Å². The van der Waals surface area contributed by atoms with Gasteiger partial charge in [0.15, 0.2) is 0 Å².